The molecule has 1 fully saturated rings. The minimum absolute atomic E-state index is 0.136. The van der Waals surface area contributed by atoms with E-state index in [1.165, 1.54) is 37.2 Å². The first-order valence-corrected chi connectivity index (χ1v) is 7.38. The molecule has 22 heavy (non-hydrogen) atoms. The molecule has 0 aliphatic heterocycles. The molecule has 1 saturated carbocycles. The van der Waals surface area contributed by atoms with E-state index in [-0.39, 0.29) is 11.4 Å². The molecular weight excluding hydrogens is 283 g/mol. The van der Waals surface area contributed by atoms with Crippen LogP contribution in [0.4, 0.5) is 16.0 Å². The van der Waals surface area contributed by atoms with Gasteiger partial charge in [-0.25, -0.2) is 14.4 Å². The molecule has 1 aromatic carbocycles. The van der Waals surface area contributed by atoms with Gasteiger partial charge in [-0.3, -0.25) is 4.79 Å². The Morgan fingerprint density at radius 3 is 2.73 bits per heavy atom. The van der Waals surface area contributed by atoms with Crippen LogP contribution < -0.4 is 10.6 Å². The average molecular weight is 300 g/mol. The van der Waals surface area contributed by atoms with Crippen LogP contribution in [0.1, 0.15) is 36.2 Å². The van der Waals surface area contributed by atoms with Crippen LogP contribution >= 0.6 is 0 Å². The number of carbonyl (C=O) groups is 1. The third kappa shape index (κ3) is 3.39. The quantitative estimate of drug-likeness (QED) is 0.909. The lowest BCUT2D eigenvalue weighted by molar-refractivity contribution is 0.102. The summed E-state index contributed by atoms with van der Waals surface area (Å²) in [6.45, 7) is 0. The Balaban J connectivity index is 1.71. The molecule has 0 unspecified atom stereocenters. The molecular formula is C16H17FN4O. The van der Waals surface area contributed by atoms with Crippen molar-refractivity contribution in [2.45, 2.75) is 31.7 Å². The Morgan fingerprint density at radius 1 is 1.18 bits per heavy atom. The van der Waals surface area contributed by atoms with E-state index in [1.54, 1.807) is 12.1 Å². The van der Waals surface area contributed by atoms with Gasteiger partial charge in [-0.1, -0.05) is 25.0 Å². The number of amides is 1. The van der Waals surface area contributed by atoms with Crippen molar-refractivity contribution in [3.8, 4) is 0 Å². The molecule has 1 aromatic heterocycles. The van der Waals surface area contributed by atoms with E-state index >= 15 is 0 Å². The molecule has 6 heteroatoms. The van der Waals surface area contributed by atoms with E-state index in [1.807, 2.05) is 0 Å². The van der Waals surface area contributed by atoms with Crippen molar-refractivity contribution < 1.29 is 9.18 Å². The molecule has 5 nitrogen and oxygen atoms in total. The van der Waals surface area contributed by atoms with Crippen LogP contribution in [0.3, 0.4) is 0 Å². The highest BCUT2D eigenvalue weighted by Crippen LogP contribution is 2.20. The van der Waals surface area contributed by atoms with Crippen LogP contribution in [-0.2, 0) is 0 Å². The van der Waals surface area contributed by atoms with Crippen LogP contribution in [0, 0.1) is 5.82 Å². The Bertz CT molecular complexity index is 671. The van der Waals surface area contributed by atoms with Gasteiger partial charge in [-0.2, -0.15) is 0 Å². The van der Waals surface area contributed by atoms with E-state index in [0.717, 1.165) is 12.8 Å². The van der Waals surface area contributed by atoms with Gasteiger partial charge in [0, 0.05) is 12.2 Å². The number of aromatic nitrogens is 2. The molecule has 0 radical (unpaired) electrons. The van der Waals surface area contributed by atoms with Crippen molar-refractivity contribution >= 4 is 17.5 Å². The normalized spacial score (nSPS) is 14.8. The highest BCUT2D eigenvalue weighted by atomic mass is 19.1. The van der Waals surface area contributed by atoms with Gasteiger partial charge in [-0.15, -0.1) is 0 Å². The predicted molar refractivity (Wildman–Crippen MR) is 82.3 cm³/mol. The summed E-state index contributed by atoms with van der Waals surface area (Å²) in [5.74, 6) is -0.496. The molecule has 0 bridgehead atoms. The van der Waals surface area contributed by atoms with Gasteiger partial charge in [0.15, 0.2) is 0 Å². The van der Waals surface area contributed by atoms with E-state index in [9.17, 15) is 9.18 Å². The fraction of sp³-hybridized carbons (Fsp3) is 0.312. The minimum Gasteiger partial charge on any atom is -0.351 e. The Kier molecular flexibility index (Phi) is 4.27. The highest BCUT2D eigenvalue weighted by Gasteiger charge is 2.17. The SMILES string of the molecule is O=C(Nc1ccccc1F)c1ccnc(NC2CCCC2)n1. The van der Waals surface area contributed by atoms with Gasteiger partial charge >= 0.3 is 0 Å². The minimum atomic E-state index is -0.478. The Hall–Kier alpha value is -2.50. The van der Waals surface area contributed by atoms with Crippen molar-refractivity contribution in [1.29, 1.82) is 0 Å². The van der Waals surface area contributed by atoms with E-state index in [2.05, 4.69) is 20.6 Å². The number of nitrogens with one attached hydrogen (secondary N) is 2. The van der Waals surface area contributed by atoms with Gasteiger partial charge in [-0.05, 0) is 31.0 Å². The summed E-state index contributed by atoms with van der Waals surface area (Å²) in [6, 6.07) is 7.90. The van der Waals surface area contributed by atoms with Crippen LogP contribution in [0.15, 0.2) is 36.5 Å². The lowest BCUT2D eigenvalue weighted by Crippen LogP contribution is -2.19. The monoisotopic (exact) mass is 300 g/mol. The van der Waals surface area contributed by atoms with Crippen LogP contribution in [0.5, 0.6) is 0 Å². The summed E-state index contributed by atoms with van der Waals surface area (Å²) in [6.07, 6.45) is 6.11. The lowest BCUT2D eigenvalue weighted by Gasteiger charge is -2.12. The molecule has 114 valence electrons. The number of para-hydroxylation sites is 1. The predicted octanol–water partition coefficient (Wildman–Crippen LogP) is 3.22. The van der Waals surface area contributed by atoms with Gasteiger partial charge in [0.05, 0.1) is 5.69 Å². The largest absolute Gasteiger partial charge is 0.351 e. The van der Waals surface area contributed by atoms with Crippen molar-refractivity contribution in [3.05, 3.63) is 48.0 Å². The van der Waals surface area contributed by atoms with Crippen molar-refractivity contribution in [1.82, 2.24) is 9.97 Å². The fourth-order valence-corrected chi connectivity index (χ4v) is 2.56. The van der Waals surface area contributed by atoms with Gasteiger partial charge in [0.25, 0.3) is 5.91 Å². The summed E-state index contributed by atoms with van der Waals surface area (Å²) in [4.78, 5) is 20.5. The summed E-state index contributed by atoms with van der Waals surface area (Å²) in [5.41, 5.74) is 0.343. The highest BCUT2D eigenvalue weighted by molar-refractivity contribution is 6.03. The number of nitrogens with zero attached hydrogens (tertiary/aromatic N) is 2. The zero-order chi connectivity index (χ0) is 15.4. The number of hydrogen-bond acceptors (Lipinski definition) is 4. The van der Waals surface area contributed by atoms with Crippen molar-refractivity contribution in [3.63, 3.8) is 0 Å². The molecule has 1 amide bonds. The fourth-order valence-electron chi connectivity index (χ4n) is 2.56. The van der Waals surface area contributed by atoms with E-state index in [4.69, 9.17) is 0 Å². The second-order valence-corrected chi connectivity index (χ2v) is 5.33. The molecule has 1 aliphatic rings. The van der Waals surface area contributed by atoms with Crippen LogP contribution in [0.25, 0.3) is 0 Å². The third-order valence-electron chi connectivity index (χ3n) is 3.70. The molecule has 2 N–H and O–H groups in total. The van der Waals surface area contributed by atoms with Crippen LogP contribution in [-0.4, -0.2) is 21.9 Å². The van der Waals surface area contributed by atoms with E-state index in [0.29, 0.717) is 12.0 Å². The van der Waals surface area contributed by atoms with Gasteiger partial charge in [0.2, 0.25) is 5.95 Å². The first-order valence-electron chi connectivity index (χ1n) is 7.38. The zero-order valence-corrected chi connectivity index (χ0v) is 12.1. The smallest absolute Gasteiger partial charge is 0.274 e. The summed E-state index contributed by atoms with van der Waals surface area (Å²) in [5, 5.41) is 5.75. The molecule has 0 atom stereocenters. The summed E-state index contributed by atoms with van der Waals surface area (Å²) < 4.78 is 13.6. The second-order valence-electron chi connectivity index (χ2n) is 5.33. The lowest BCUT2D eigenvalue weighted by atomic mass is 10.2. The molecule has 1 aliphatic carbocycles. The average Bonchev–Trinajstić information content (AvgIpc) is 3.03. The first-order chi connectivity index (χ1) is 10.7. The number of hydrogen-bond donors (Lipinski definition) is 2. The first kappa shape index (κ1) is 14.4. The summed E-state index contributed by atoms with van der Waals surface area (Å²) in [7, 11) is 0. The topological polar surface area (TPSA) is 66.9 Å². The molecule has 2 aromatic rings. The van der Waals surface area contributed by atoms with Crippen LogP contribution in [0.2, 0.25) is 0 Å². The molecule has 1 heterocycles. The molecule has 0 saturated heterocycles. The summed E-state index contributed by atoms with van der Waals surface area (Å²) >= 11 is 0. The standard InChI is InChI=1S/C16H17FN4O/c17-12-7-3-4-8-13(12)20-15(22)14-9-10-18-16(21-14)19-11-5-1-2-6-11/h3-4,7-11H,1-2,5-6H2,(H,20,22)(H,18,19,21). The third-order valence-corrected chi connectivity index (χ3v) is 3.70. The number of anilines is 2. The van der Waals surface area contributed by atoms with E-state index < -0.39 is 11.7 Å². The Labute approximate surface area is 128 Å². The number of rotatable bonds is 4. The zero-order valence-electron chi connectivity index (χ0n) is 12.1. The maximum atomic E-state index is 13.6. The van der Waals surface area contributed by atoms with Crippen molar-refractivity contribution in [2.75, 3.05) is 10.6 Å². The molecule has 0 spiro atoms. The second kappa shape index (κ2) is 6.51. The number of halogens is 1. The maximum absolute atomic E-state index is 13.6. The molecule has 3 rings (SSSR count). The van der Waals surface area contributed by atoms with Gasteiger partial charge in [0.1, 0.15) is 11.5 Å². The number of carbonyl (C=O) groups excluding carboxylic acids is 1. The Morgan fingerprint density at radius 2 is 1.95 bits per heavy atom. The maximum Gasteiger partial charge on any atom is 0.274 e. The van der Waals surface area contributed by atoms with Gasteiger partial charge < -0.3 is 10.6 Å². The number of benzene rings is 1. The van der Waals surface area contributed by atoms with Crippen molar-refractivity contribution in [2.24, 2.45) is 0 Å².